The monoisotopic (exact) mass is 262 g/mol. The van der Waals surface area contributed by atoms with Crippen LogP contribution in [-0.2, 0) is 4.79 Å². The number of pyridine rings is 1. The topological polar surface area (TPSA) is 57.3 Å². The van der Waals surface area contributed by atoms with Crippen LogP contribution in [0.25, 0.3) is 0 Å². The minimum atomic E-state index is -0.501. The van der Waals surface area contributed by atoms with Crippen molar-refractivity contribution in [1.29, 1.82) is 0 Å². The first-order chi connectivity index (χ1) is 9.00. The lowest BCUT2D eigenvalue weighted by Gasteiger charge is -2.39. The molecule has 2 N–H and O–H groups in total. The smallest absolute Gasteiger partial charge is 0.244 e. The highest BCUT2D eigenvalue weighted by Crippen LogP contribution is 2.18. The lowest BCUT2D eigenvalue weighted by atomic mass is 10.0. The molecule has 0 saturated carbocycles. The van der Waals surface area contributed by atoms with Crippen LogP contribution in [0.1, 0.15) is 19.5 Å². The van der Waals surface area contributed by atoms with Crippen molar-refractivity contribution in [2.24, 2.45) is 0 Å². The van der Waals surface area contributed by atoms with Crippen molar-refractivity contribution in [3.05, 3.63) is 24.0 Å². The molecule has 1 amide bonds. The molecule has 1 aliphatic rings. The van der Waals surface area contributed by atoms with E-state index in [9.17, 15) is 4.79 Å². The van der Waals surface area contributed by atoms with E-state index in [1.807, 2.05) is 32.9 Å². The van der Waals surface area contributed by atoms with Gasteiger partial charge in [0.15, 0.2) is 0 Å². The van der Waals surface area contributed by atoms with E-state index in [1.54, 1.807) is 6.20 Å². The largest absolute Gasteiger partial charge is 0.324 e. The van der Waals surface area contributed by atoms with Crippen LogP contribution in [0.3, 0.4) is 0 Å². The molecule has 1 aliphatic heterocycles. The summed E-state index contributed by atoms with van der Waals surface area (Å²) in [6, 6.07) is 3.70. The number of anilines is 1. The molecule has 2 rings (SSSR count). The maximum absolute atomic E-state index is 12.5. The number of nitrogens with one attached hydrogen (secondary N) is 2. The normalized spacial score (nSPS) is 17.2. The maximum atomic E-state index is 12.5. The minimum absolute atomic E-state index is 0.0278. The average molecular weight is 262 g/mol. The van der Waals surface area contributed by atoms with E-state index in [2.05, 4.69) is 20.5 Å². The van der Waals surface area contributed by atoms with E-state index in [-0.39, 0.29) is 5.91 Å². The van der Waals surface area contributed by atoms with Crippen molar-refractivity contribution in [3.63, 3.8) is 0 Å². The number of carbonyl (C=O) groups excluding carboxylic acids is 1. The van der Waals surface area contributed by atoms with Gasteiger partial charge in [-0.15, -0.1) is 0 Å². The van der Waals surface area contributed by atoms with Gasteiger partial charge in [-0.05, 0) is 32.9 Å². The molecule has 1 saturated heterocycles. The van der Waals surface area contributed by atoms with Crippen molar-refractivity contribution in [2.75, 3.05) is 31.5 Å². The predicted octanol–water partition coefficient (Wildman–Crippen LogP) is 1.01. The van der Waals surface area contributed by atoms with Crippen molar-refractivity contribution in [1.82, 2.24) is 15.2 Å². The second-order valence-corrected chi connectivity index (χ2v) is 5.44. The summed E-state index contributed by atoms with van der Waals surface area (Å²) in [5.74, 6) is 0.0278. The Morgan fingerprint density at radius 3 is 2.74 bits per heavy atom. The predicted molar refractivity (Wildman–Crippen MR) is 76.1 cm³/mol. The molecular weight excluding hydrogens is 240 g/mol. The van der Waals surface area contributed by atoms with E-state index in [0.29, 0.717) is 0 Å². The lowest BCUT2D eigenvalue weighted by molar-refractivity contribution is -0.126. The molecule has 2 heterocycles. The Bertz CT molecular complexity index is 453. The van der Waals surface area contributed by atoms with Gasteiger partial charge in [0.1, 0.15) is 0 Å². The highest BCUT2D eigenvalue weighted by atomic mass is 16.2. The fourth-order valence-corrected chi connectivity index (χ4v) is 2.27. The first-order valence-corrected chi connectivity index (χ1v) is 6.70. The van der Waals surface area contributed by atoms with Gasteiger partial charge < -0.3 is 10.6 Å². The Morgan fingerprint density at radius 2 is 2.11 bits per heavy atom. The number of hydrogen-bond acceptors (Lipinski definition) is 4. The van der Waals surface area contributed by atoms with Crippen molar-refractivity contribution in [2.45, 2.75) is 26.3 Å². The summed E-state index contributed by atoms with van der Waals surface area (Å²) in [7, 11) is 0. The highest BCUT2D eigenvalue weighted by molar-refractivity contribution is 5.97. The van der Waals surface area contributed by atoms with Gasteiger partial charge in [0.25, 0.3) is 0 Å². The average Bonchev–Trinajstić information content (AvgIpc) is 2.39. The Labute approximate surface area is 114 Å². The third-order valence-electron chi connectivity index (χ3n) is 3.62. The number of piperazine rings is 1. The third kappa shape index (κ3) is 3.30. The third-order valence-corrected chi connectivity index (χ3v) is 3.62. The van der Waals surface area contributed by atoms with Crippen LogP contribution in [0, 0.1) is 6.92 Å². The van der Waals surface area contributed by atoms with E-state index >= 15 is 0 Å². The second-order valence-electron chi connectivity index (χ2n) is 5.44. The quantitative estimate of drug-likeness (QED) is 0.853. The summed E-state index contributed by atoms with van der Waals surface area (Å²) in [5.41, 5.74) is 1.21. The van der Waals surface area contributed by atoms with Crippen molar-refractivity contribution >= 4 is 11.6 Å². The molecule has 19 heavy (non-hydrogen) atoms. The first kappa shape index (κ1) is 14.0. The molecule has 104 valence electrons. The van der Waals surface area contributed by atoms with Gasteiger partial charge in [-0.1, -0.05) is 0 Å². The van der Waals surface area contributed by atoms with Crippen LogP contribution in [0.4, 0.5) is 5.69 Å². The Morgan fingerprint density at radius 1 is 1.42 bits per heavy atom. The number of aromatic nitrogens is 1. The summed E-state index contributed by atoms with van der Waals surface area (Å²) in [5, 5.41) is 6.28. The van der Waals surface area contributed by atoms with Gasteiger partial charge >= 0.3 is 0 Å². The van der Waals surface area contributed by atoms with Crippen LogP contribution >= 0.6 is 0 Å². The lowest BCUT2D eigenvalue weighted by Crippen LogP contribution is -2.58. The SMILES string of the molecule is Cc1cc(NC(=O)C(C)(C)N2CCNCC2)ccn1. The Hall–Kier alpha value is -1.46. The zero-order valence-electron chi connectivity index (χ0n) is 11.9. The summed E-state index contributed by atoms with van der Waals surface area (Å²) >= 11 is 0. The van der Waals surface area contributed by atoms with Gasteiger partial charge in [0.2, 0.25) is 5.91 Å². The standard InChI is InChI=1S/C14H22N4O/c1-11-10-12(4-5-16-11)17-13(19)14(2,3)18-8-6-15-7-9-18/h4-5,10,15H,6-9H2,1-3H3,(H,16,17,19). The fourth-order valence-electron chi connectivity index (χ4n) is 2.27. The van der Waals surface area contributed by atoms with E-state index < -0.39 is 5.54 Å². The molecule has 1 aromatic heterocycles. The fraction of sp³-hybridized carbons (Fsp3) is 0.571. The zero-order valence-corrected chi connectivity index (χ0v) is 11.9. The van der Waals surface area contributed by atoms with Crippen molar-refractivity contribution < 1.29 is 4.79 Å². The second kappa shape index (κ2) is 5.67. The molecule has 1 aromatic rings. The van der Waals surface area contributed by atoms with Crippen LogP contribution in [0.2, 0.25) is 0 Å². The molecule has 0 bridgehead atoms. The Kier molecular flexibility index (Phi) is 4.17. The summed E-state index contributed by atoms with van der Waals surface area (Å²) in [4.78, 5) is 18.8. The molecule has 0 radical (unpaired) electrons. The molecular formula is C14H22N4O. The number of hydrogen-bond donors (Lipinski definition) is 2. The van der Waals surface area contributed by atoms with E-state index in [0.717, 1.165) is 37.6 Å². The van der Waals surface area contributed by atoms with Gasteiger partial charge in [-0.3, -0.25) is 14.7 Å². The molecule has 0 aliphatic carbocycles. The maximum Gasteiger partial charge on any atom is 0.244 e. The van der Waals surface area contributed by atoms with Crippen LogP contribution < -0.4 is 10.6 Å². The van der Waals surface area contributed by atoms with E-state index in [1.165, 1.54) is 0 Å². The molecule has 0 spiro atoms. The van der Waals surface area contributed by atoms with Crippen LogP contribution in [0.15, 0.2) is 18.3 Å². The molecule has 0 atom stereocenters. The molecule has 5 heteroatoms. The van der Waals surface area contributed by atoms with Gasteiger partial charge in [0.05, 0.1) is 5.54 Å². The molecule has 0 aromatic carbocycles. The zero-order chi connectivity index (χ0) is 13.9. The Balaban J connectivity index is 2.05. The van der Waals surface area contributed by atoms with E-state index in [4.69, 9.17) is 0 Å². The van der Waals surface area contributed by atoms with Gasteiger partial charge in [-0.2, -0.15) is 0 Å². The number of aryl methyl sites for hydroxylation is 1. The molecule has 5 nitrogen and oxygen atoms in total. The highest BCUT2D eigenvalue weighted by Gasteiger charge is 2.35. The minimum Gasteiger partial charge on any atom is -0.324 e. The number of nitrogens with zero attached hydrogens (tertiary/aromatic N) is 2. The number of rotatable bonds is 3. The van der Waals surface area contributed by atoms with Gasteiger partial charge in [-0.25, -0.2) is 0 Å². The van der Waals surface area contributed by atoms with Crippen molar-refractivity contribution in [3.8, 4) is 0 Å². The number of carbonyl (C=O) groups is 1. The molecule has 1 fully saturated rings. The first-order valence-electron chi connectivity index (χ1n) is 6.70. The summed E-state index contributed by atoms with van der Waals surface area (Å²) in [6.07, 6.45) is 1.71. The summed E-state index contributed by atoms with van der Waals surface area (Å²) in [6.45, 7) is 9.53. The summed E-state index contributed by atoms with van der Waals surface area (Å²) < 4.78 is 0. The van der Waals surface area contributed by atoms with Crippen LogP contribution in [-0.4, -0.2) is 47.5 Å². The number of amides is 1. The molecule has 0 unspecified atom stereocenters. The van der Waals surface area contributed by atoms with Crippen LogP contribution in [0.5, 0.6) is 0 Å². The van der Waals surface area contributed by atoms with Gasteiger partial charge in [0, 0.05) is 43.8 Å².